The van der Waals surface area contributed by atoms with Crippen molar-refractivity contribution in [2.45, 2.75) is 24.9 Å². The lowest BCUT2D eigenvalue weighted by Crippen LogP contribution is -2.48. The summed E-state index contributed by atoms with van der Waals surface area (Å²) in [5, 5.41) is 0. The highest BCUT2D eigenvalue weighted by Crippen LogP contribution is 2.46. The van der Waals surface area contributed by atoms with E-state index in [1.54, 1.807) is 0 Å². The van der Waals surface area contributed by atoms with E-state index in [4.69, 9.17) is 0 Å². The zero-order valence-corrected chi connectivity index (χ0v) is 11.8. The van der Waals surface area contributed by atoms with E-state index in [0.29, 0.717) is 0 Å². The van der Waals surface area contributed by atoms with Crippen LogP contribution in [-0.2, 0) is 6.54 Å². The first-order valence-electron chi connectivity index (χ1n) is 7.42. The quantitative estimate of drug-likeness (QED) is 0.773. The van der Waals surface area contributed by atoms with Gasteiger partial charge in [0.1, 0.15) is 5.54 Å². The van der Waals surface area contributed by atoms with E-state index in [2.05, 4.69) is 47.4 Å². The number of rotatable bonds is 2. The molecule has 0 bridgehead atoms. The van der Waals surface area contributed by atoms with Crippen LogP contribution in [0.25, 0.3) is 0 Å². The summed E-state index contributed by atoms with van der Waals surface area (Å²) < 4.78 is 0. The maximum absolute atomic E-state index is 12.9. The first kappa shape index (κ1) is 12.4. The summed E-state index contributed by atoms with van der Waals surface area (Å²) in [7, 11) is 0. The van der Waals surface area contributed by atoms with Crippen LogP contribution in [-0.4, -0.2) is 11.3 Å². The summed E-state index contributed by atoms with van der Waals surface area (Å²) in [6.45, 7) is 0.783. The summed E-state index contributed by atoms with van der Waals surface area (Å²) in [4.78, 5) is 15.2. The van der Waals surface area contributed by atoms with Crippen LogP contribution >= 0.6 is 0 Å². The molecule has 0 aromatic heterocycles. The van der Waals surface area contributed by atoms with Crippen LogP contribution in [0.3, 0.4) is 0 Å². The Kier molecular flexibility index (Phi) is 2.71. The molecule has 1 spiro atoms. The Morgan fingerprint density at radius 1 is 0.905 bits per heavy atom. The molecule has 0 N–H and O–H groups in total. The van der Waals surface area contributed by atoms with Crippen molar-refractivity contribution >= 4 is 11.5 Å². The van der Waals surface area contributed by atoms with Crippen molar-refractivity contribution in [2.24, 2.45) is 0 Å². The second-order valence-corrected chi connectivity index (χ2v) is 5.83. The van der Waals surface area contributed by atoms with Gasteiger partial charge in [-0.3, -0.25) is 4.79 Å². The minimum Gasteiger partial charge on any atom is -0.353 e. The summed E-state index contributed by atoms with van der Waals surface area (Å²) in [6, 6.07) is 18.4. The second-order valence-electron chi connectivity index (χ2n) is 5.83. The van der Waals surface area contributed by atoms with Crippen LogP contribution in [0.4, 0.5) is 5.69 Å². The number of carbonyl (C=O) groups excluding carboxylic acids is 1. The average molecular weight is 275 g/mol. The molecule has 2 nitrogen and oxygen atoms in total. The number of benzene rings is 2. The molecule has 0 saturated carbocycles. The molecule has 0 amide bonds. The van der Waals surface area contributed by atoms with E-state index in [-0.39, 0.29) is 11.3 Å². The molecule has 0 fully saturated rings. The number of ketones is 1. The van der Waals surface area contributed by atoms with Gasteiger partial charge in [-0.15, -0.1) is 0 Å². The third kappa shape index (κ3) is 1.75. The topological polar surface area (TPSA) is 20.3 Å². The maximum atomic E-state index is 12.9. The van der Waals surface area contributed by atoms with E-state index in [9.17, 15) is 4.79 Å². The fourth-order valence-electron chi connectivity index (χ4n) is 3.55. The fraction of sp³-hybridized carbons (Fsp3) is 0.211. The monoisotopic (exact) mass is 275 g/mol. The van der Waals surface area contributed by atoms with Gasteiger partial charge < -0.3 is 4.90 Å². The summed E-state index contributed by atoms with van der Waals surface area (Å²) in [5.74, 6) is 0.277. The summed E-state index contributed by atoms with van der Waals surface area (Å²) in [5.41, 5.74) is 2.81. The maximum Gasteiger partial charge on any atom is 0.191 e. The van der Waals surface area contributed by atoms with Crippen molar-refractivity contribution in [1.29, 1.82) is 0 Å². The number of fused-ring (bicyclic) bond motifs is 1. The average Bonchev–Trinajstić information content (AvgIpc) is 3.10. The molecule has 2 aromatic rings. The highest BCUT2D eigenvalue weighted by molar-refractivity contribution is 6.14. The van der Waals surface area contributed by atoms with E-state index >= 15 is 0 Å². The fourth-order valence-corrected chi connectivity index (χ4v) is 3.55. The Morgan fingerprint density at radius 2 is 1.57 bits per heavy atom. The van der Waals surface area contributed by atoms with Gasteiger partial charge in [-0.05, 0) is 30.5 Å². The Morgan fingerprint density at radius 3 is 2.33 bits per heavy atom. The molecule has 1 aliphatic carbocycles. The molecule has 21 heavy (non-hydrogen) atoms. The van der Waals surface area contributed by atoms with Gasteiger partial charge in [0.2, 0.25) is 0 Å². The van der Waals surface area contributed by atoms with Gasteiger partial charge in [-0.2, -0.15) is 0 Å². The van der Waals surface area contributed by atoms with Gasteiger partial charge in [0, 0.05) is 17.8 Å². The van der Waals surface area contributed by atoms with E-state index in [1.165, 1.54) is 5.56 Å². The van der Waals surface area contributed by atoms with Gasteiger partial charge in [0.15, 0.2) is 5.78 Å². The highest BCUT2D eigenvalue weighted by atomic mass is 16.1. The highest BCUT2D eigenvalue weighted by Gasteiger charge is 2.50. The third-order valence-corrected chi connectivity index (χ3v) is 4.64. The predicted octanol–water partition coefficient (Wildman–Crippen LogP) is 3.98. The van der Waals surface area contributed by atoms with Gasteiger partial charge in [-0.25, -0.2) is 0 Å². The third-order valence-electron chi connectivity index (χ3n) is 4.64. The van der Waals surface area contributed by atoms with Crippen molar-refractivity contribution in [3.8, 4) is 0 Å². The van der Waals surface area contributed by atoms with Crippen molar-refractivity contribution in [1.82, 2.24) is 0 Å². The smallest absolute Gasteiger partial charge is 0.191 e. The first-order valence-corrected chi connectivity index (χ1v) is 7.42. The lowest BCUT2D eigenvalue weighted by molar-refractivity contribution is 0.0906. The molecular weight excluding hydrogens is 258 g/mol. The summed E-state index contributed by atoms with van der Waals surface area (Å²) >= 11 is 0. The van der Waals surface area contributed by atoms with Crippen LogP contribution in [0.5, 0.6) is 0 Å². The van der Waals surface area contributed by atoms with Gasteiger partial charge >= 0.3 is 0 Å². The minimum atomic E-state index is -0.389. The zero-order valence-electron chi connectivity index (χ0n) is 11.8. The Balaban J connectivity index is 1.80. The number of hydrogen-bond acceptors (Lipinski definition) is 2. The van der Waals surface area contributed by atoms with Crippen LogP contribution < -0.4 is 4.90 Å². The van der Waals surface area contributed by atoms with Crippen molar-refractivity contribution in [3.05, 3.63) is 77.9 Å². The molecule has 2 aromatic carbocycles. The van der Waals surface area contributed by atoms with Crippen molar-refractivity contribution in [3.63, 3.8) is 0 Å². The normalized spacial score (nSPS) is 18.5. The molecule has 0 saturated heterocycles. The van der Waals surface area contributed by atoms with E-state index in [0.717, 1.165) is 30.6 Å². The van der Waals surface area contributed by atoms with E-state index in [1.807, 2.05) is 24.3 Å². The Labute approximate surface area is 124 Å². The second kappa shape index (κ2) is 4.59. The number of para-hydroxylation sites is 1. The predicted molar refractivity (Wildman–Crippen MR) is 84.5 cm³/mol. The zero-order chi connectivity index (χ0) is 14.3. The number of hydrogen-bond donors (Lipinski definition) is 0. The molecule has 2 aliphatic rings. The molecule has 4 rings (SSSR count). The summed E-state index contributed by atoms with van der Waals surface area (Å²) in [6.07, 6.45) is 5.91. The van der Waals surface area contributed by atoms with Gasteiger partial charge in [0.25, 0.3) is 0 Å². The number of nitrogens with zero attached hydrogens (tertiary/aromatic N) is 1. The molecule has 1 heterocycles. The molecule has 2 heteroatoms. The number of Topliss-reactive ketones (excluding diaryl/α,β-unsaturated/α-hetero) is 1. The minimum absolute atomic E-state index is 0.277. The number of carbonyl (C=O) groups is 1. The molecule has 104 valence electrons. The largest absolute Gasteiger partial charge is 0.353 e. The first-order chi connectivity index (χ1) is 10.3. The van der Waals surface area contributed by atoms with E-state index < -0.39 is 0 Å². The lowest BCUT2D eigenvalue weighted by Gasteiger charge is -2.36. The van der Waals surface area contributed by atoms with Crippen LogP contribution in [0.2, 0.25) is 0 Å². The van der Waals surface area contributed by atoms with Crippen molar-refractivity contribution < 1.29 is 4.79 Å². The number of anilines is 1. The standard InChI is InChI=1S/C19H17NO/c21-18-16-10-4-5-11-17(16)20(19(18)12-6-7-13-19)14-15-8-2-1-3-9-15/h1-11H,12-14H2. The van der Waals surface area contributed by atoms with Crippen LogP contribution in [0, 0.1) is 0 Å². The van der Waals surface area contributed by atoms with Crippen molar-refractivity contribution in [2.75, 3.05) is 4.90 Å². The molecular formula is C19H17NO. The SMILES string of the molecule is O=C1c2ccccc2N(Cc2ccccc2)C12CC=CC2. The van der Waals surface area contributed by atoms with Gasteiger partial charge in [0.05, 0.1) is 0 Å². The van der Waals surface area contributed by atoms with Gasteiger partial charge in [-0.1, -0.05) is 54.6 Å². The molecule has 0 unspecified atom stereocenters. The molecule has 0 radical (unpaired) electrons. The molecule has 0 atom stereocenters. The van der Waals surface area contributed by atoms with Crippen LogP contribution in [0.15, 0.2) is 66.7 Å². The van der Waals surface area contributed by atoms with Crippen LogP contribution in [0.1, 0.15) is 28.8 Å². The Hall–Kier alpha value is -2.35. The Bertz CT molecular complexity index is 709. The molecule has 1 aliphatic heterocycles. The lowest BCUT2D eigenvalue weighted by atomic mass is 9.89.